The van der Waals surface area contributed by atoms with Crippen LogP contribution in [-0.2, 0) is 4.74 Å². The highest BCUT2D eigenvalue weighted by Gasteiger charge is 2.12. The van der Waals surface area contributed by atoms with Gasteiger partial charge < -0.3 is 15.4 Å². The van der Waals surface area contributed by atoms with Crippen molar-refractivity contribution >= 4 is 11.7 Å². The molecule has 0 bridgehead atoms. The van der Waals surface area contributed by atoms with Gasteiger partial charge in [0.1, 0.15) is 11.6 Å². The molecule has 0 aromatic heterocycles. The lowest BCUT2D eigenvalue weighted by Crippen LogP contribution is -2.32. The van der Waals surface area contributed by atoms with Gasteiger partial charge in [-0.3, -0.25) is 0 Å². The lowest BCUT2D eigenvalue weighted by atomic mass is 10.1. The Morgan fingerprint density at radius 3 is 2.50 bits per heavy atom. The summed E-state index contributed by atoms with van der Waals surface area (Å²) in [5.41, 5.74) is 1.10. The van der Waals surface area contributed by atoms with Gasteiger partial charge in [-0.1, -0.05) is 12.1 Å². The molecule has 2 aromatic carbocycles. The Kier molecular flexibility index (Phi) is 5.43. The highest BCUT2D eigenvalue weighted by Crippen LogP contribution is 2.16. The number of ether oxygens (including phenoxy) is 1. The number of hydrogen-bond donors (Lipinski definition) is 2. The van der Waals surface area contributed by atoms with Crippen LogP contribution in [0.25, 0.3) is 0 Å². The van der Waals surface area contributed by atoms with Gasteiger partial charge in [-0.15, -0.1) is 0 Å². The van der Waals surface area contributed by atoms with Crippen molar-refractivity contribution in [2.75, 3.05) is 19.0 Å². The van der Waals surface area contributed by atoms with Crippen LogP contribution < -0.4 is 10.6 Å². The van der Waals surface area contributed by atoms with E-state index in [0.717, 1.165) is 0 Å². The summed E-state index contributed by atoms with van der Waals surface area (Å²) in [5.74, 6) is -0.744. The third-order valence-electron chi connectivity index (χ3n) is 3.06. The third kappa shape index (κ3) is 4.53. The quantitative estimate of drug-likeness (QED) is 0.888. The number of rotatable bonds is 5. The van der Waals surface area contributed by atoms with Crippen molar-refractivity contribution in [3.63, 3.8) is 0 Å². The minimum absolute atomic E-state index is 0.174. The molecule has 2 aromatic rings. The Hall–Kier alpha value is -2.47. The Bertz CT molecular complexity index is 632. The van der Waals surface area contributed by atoms with Crippen LogP contribution in [-0.4, -0.2) is 19.7 Å². The first-order valence-corrected chi connectivity index (χ1v) is 6.67. The topological polar surface area (TPSA) is 50.4 Å². The van der Waals surface area contributed by atoms with Crippen molar-refractivity contribution in [1.82, 2.24) is 5.32 Å². The molecule has 0 unspecified atom stereocenters. The number of halogens is 2. The van der Waals surface area contributed by atoms with Crippen LogP contribution in [0.4, 0.5) is 19.3 Å². The molecular weight excluding hydrogens is 290 g/mol. The van der Waals surface area contributed by atoms with Crippen molar-refractivity contribution in [3.8, 4) is 0 Å². The summed E-state index contributed by atoms with van der Waals surface area (Å²) < 4.78 is 31.2. The SMILES string of the molecule is CO[C@H](CNC(=O)Nc1ccc(F)cc1)c1cccc(F)c1. The molecule has 0 radical (unpaired) electrons. The molecule has 2 rings (SSSR count). The van der Waals surface area contributed by atoms with Crippen molar-refractivity contribution < 1.29 is 18.3 Å². The van der Waals surface area contributed by atoms with E-state index in [2.05, 4.69) is 10.6 Å². The fourth-order valence-corrected chi connectivity index (χ4v) is 1.94. The maximum absolute atomic E-state index is 13.2. The van der Waals surface area contributed by atoms with E-state index in [1.54, 1.807) is 12.1 Å². The average molecular weight is 306 g/mol. The second-order valence-electron chi connectivity index (χ2n) is 4.62. The number of carbonyl (C=O) groups excluding carboxylic acids is 1. The van der Waals surface area contributed by atoms with E-state index in [0.29, 0.717) is 11.3 Å². The standard InChI is InChI=1S/C16H16F2N2O2/c1-22-15(11-3-2-4-13(18)9-11)10-19-16(21)20-14-7-5-12(17)6-8-14/h2-9,15H,10H2,1H3,(H2,19,20,21)/t15-/m1/s1. The molecule has 1 atom stereocenters. The average Bonchev–Trinajstić information content (AvgIpc) is 2.50. The van der Waals surface area contributed by atoms with Crippen molar-refractivity contribution in [3.05, 3.63) is 65.7 Å². The largest absolute Gasteiger partial charge is 0.375 e. The summed E-state index contributed by atoms with van der Waals surface area (Å²) >= 11 is 0. The minimum Gasteiger partial charge on any atom is -0.375 e. The third-order valence-corrected chi connectivity index (χ3v) is 3.06. The van der Waals surface area contributed by atoms with Crippen LogP contribution in [0.15, 0.2) is 48.5 Å². The van der Waals surface area contributed by atoms with Gasteiger partial charge in [-0.05, 0) is 42.0 Å². The first-order valence-electron chi connectivity index (χ1n) is 6.67. The maximum atomic E-state index is 13.2. The molecular formula is C16H16F2N2O2. The van der Waals surface area contributed by atoms with Crippen LogP contribution in [0, 0.1) is 11.6 Å². The van der Waals surface area contributed by atoms with E-state index in [1.807, 2.05) is 0 Å². The molecule has 0 aliphatic carbocycles. The predicted octanol–water partition coefficient (Wildman–Crippen LogP) is 3.47. The van der Waals surface area contributed by atoms with Gasteiger partial charge in [0.05, 0.1) is 6.10 Å². The summed E-state index contributed by atoms with van der Waals surface area (Å²) in [4.78, 5) is 11.8. The van der Waals surface area contributed by atoms with Gasteiger partial charge in [0.25, 0.3) is 0 Å². The number of anilines is 1. The second kappa shape index (κ2) is 7.51. The van der Waals surface area contributed by atoms with E-state index in [1.165, 1.54) is 43.5 Å². The molecule has 22 heavy (non-hydrogen) atoms. The highest BCUT2D eigenvalue weighted by atomic mass is 19.1. The molecule has 6 heteroatoms. The van der Waals surface area contributed by atoms with E-state index in [9.17, 15) is 13.6 Å². The highest BCUT2D eigenvalue weighted by molar-refractivity contribution is 5.89. The first kappa shape index (κ1) is 15.9. The number of methoxy groups -OCH3 is 1. The number of hydrogen-bond acceptors (Lipinski definition) is 2. The Morgan fingerprint density at radius 2 is 1.86 bits per heavy atom. The zero-order valence-electron chi connectivity index (χ0n) is 12.0. The molecule has 0 heterocycles. The van der Waals surface area contributed by atoms with E-state index < -0.39 is 12.1 Å². The molecule has 0 saturated heterocycles. The Labute approximate surface area is 127 Å². The zero-order chi connectivity index (χ0) is 15.9. The van der Waals surface area contributed by atoms with Crippen LogP contribution in [0.5, 0.6) is 0 Å². The van der Waals surface area contributed by atoms with Gasteiger partial charge >= 0.3 is 6.03 Å². The molecule has 4 nitrogen and oxygen atoms in total. The van der Waals surface area contributed by atoms with Gasteiger partial charge in [0.2, 0.25) is 0 Å². The monoisotopic (exact) mass is 306 g/mol. The summed E-state index contributed by atoms with van der Waals surface area (Å²) in [6.07, 6.45) is -0.463. The Morgan fingerprint density at radius 1 is 1.14 bits per heavy atom. The number of amides is 2. The molecule has 2 amide bonds. The van der Waals surface area contributed by atoms with E-state index in [4.69, 9.17) is 4.74 Å². The first-order chi connectivity index (χ1) is 10.6. The minimum atomic E-state index is -0.463. The number of benzene rings is 2. The fourth-order valence-electron chi connectivity index (χ4n) is 1.94. The van der Waals surface area contributed by atoms with Gasteiger partial charge in [-0.2, -0.15) is 0 Å². The number of urea groups is 1. The van der Waals surface area contributed by atoms with Gasteiger partial charge in [-0.25, -0.2) is 13.6 Å². The molecule has 0 aliphatic heterocycles. The van der Waals surface area contributed by atoms with Gasteiger partial charge in [0.15, 0.2) is 0 Å². The molecule has 0 fully saturated rings. The fraction of sp³-hybridized carbons (Fsp3) is 0.188. The molecule has 0 spiro atoms. The molecule has 2 N–H and O–H groups in total. The van der Waals surface area contributed by atoms with E-state index in [-0.39, 0.29) is 18.2 Å². The maximum Gasteiger partial charge on any atom is 0.319 e. The van der Waals surface area contributed by atoms with Crippen molar-refractivity contribution in [2.45, 2.75) is 6.10 Å². The van der Waals surface area contributed by atoms with Crippen LogP contribution in [0.3, 0.4) is 0 Å². The van der Waals surface area contributed by atoms with E-state index >= 15 is 0 Å². The van der Waals surface area contributed by atoms with Crippen LogP contribution in [0.2, 0.25) is 0 Å². The number of nitrogens with one attached hydrogen (secondary N) is 2. The summed E-state index contributed by atoms with van der Waals surface area (Å²) in [6.45, 7) is 0.174. The molecule has 116 valence electrons. The molecule has 0 saturated carbocycles. The normalized spacial score (nSPS) is 11.8. The van der Waals surface area contributed by atoms with Crippen molar-refractivity contribution in [1.29, 1.82) is 0 Å². The summed E-state index contributed by atoms with van der Waals surface area (Å²) in [6, 6.07) is 10.9. The lowest BCUT2D eigenvalue weighted by Gasteiger charge is -2.17. The second-order valence-corrected chi connectivity index (χ2v) is 4.62. The zero-order valence-corrected chi connectivity index (χ0v) is 12.0. The van der Waals surface area contributed by atoms with Crippen LogP contribution in [0.1, 0.15) is 11.7 Å². The van der Waals surface area contributed by atoms with Crippen LogP contribution >= 0.6 is 0 Å². The summed E-state index contributed by atoms with van der Waals surface area (Å²) in [7, 11) is 1.48. The van der Waals surface area contributed by atoms with Crippen molar-refractivity contribution in [2.24, 2.45) is 0 Å². The predicted molar refractivity (Wildman–Crippen MR) is 79.6 cm³/mol. The lowest BCUT2D eigenvalue weighted by molar-refractivity contribution is 0.104. The smallest absolute Gasteiger partial charge is 0.319 e. The summed E-state index contributed by atoms with van der Waals surface area (Å²) in [5, 5.41) is 5.19. The number of carbonyl (C=O) groups is 1. The van der Waals surface area contributed by atoms with Gasteiger partial charge in [0, 0.05) is 19.3 Å². The molecule has 0 aliphatic rings. The Balaban J connectivity index is 1.90.